The van der Waals surface area contributed by atoms with Gasteiger partial charge in [-0.25, -0.2) is 17.9 Å². The lowest BCUT2D eigenvalue weighted by molar-refractivity contribution is 0.558. The summed E-state index contributed by atoms with van der Waals surface area (Å²) in [6.45, 7) is 2.01. The molecule has 29 heavy (non-hydrogen) atoms. The van der Waals surface area contributed by atoms with Gasteiger partial charge in [-0.3, -0.25) is 18.9 Å². The zero-order valence-corrected chi connectivity index (χ0v) is 17.1. The number of rotatable bonds is 6. The Morgan fingerprint density at radius 1 is 1.17 bits per heavy atom. The van der Waals surface area contributed by atoms with Crippen LogP contribution in [0.15, 0.2) is 57.1 Å². The summed E-state index contributed by atoms with van der Waals surface area (Å²) in [5.74, 6) is 0. The van der Waals surface area contributed by atoms with Crippen molar-refractivity contribution in [3.8, 4) is 0 Å². The second-order valence-electron chi connectivity index (χ2n) is 7.71. The van der Waals surface area contributed by atoms with Gasteiger partial charge in [0, 0.05) is 37.4 Å². The molecule has 0 radical (unpaired) electrons. The van der Waals surface area contributed by atoms with Gasteiger partial charge in [-0.2, -0.15) is 0 Å². The maximum absolute atomic E-state index is 13.0. The molecule has 1 N–H and O–H groups in total. The van der Waals surface area contributed by atoms with Crippen LogP contribution in [0.4, 0.5) is 0 Å². The maximum atomic E-state index is 13.0. The zero-order valence-electron chi connectivity index (χ0n) is 16.3. The van der Waals surface area contributed by atoms with Gasteiger partial charge in [0.2, 0.25) is 10.0 Å². The molecule has 0 aliphatic heterocycles. The van der Waals surface area contributed by atoms with Crippen molar-refractivity contribution < 1.29 is 8.42 Å². The van der Waals surface area contributed by atoms with E-state index < -0.39 is 26.8 Å². The zero-order chi connectivity index (χ0) is 20.8. The number of fused-ring (bicyclic) bond motifs is 1. The summed E-state index contributed by atoms with van der Waals surface area (Å²) in [6, 6.07) is 9.74. The molecule has 2 heterocycles. The maximum Gasteiger partial charge on any atom is 0.331 e. The van der Waals surface area contributed by atoms with Crippen molar-refractivity contribution in [2.24, 2.45) is 7.05 Å². The molecule has 0 spiro atoms. The largest absolute Gasteiger partial charge is 0.331 e. The number of sulfonamides is 1. The van der Waals surface area contributed by atoms with E-state index in [-0.39, 0.29) is 16.8 Å². The Labute approximate surface area is 167 Å². The summed E-state index contributed by atoms with van der Waals surface area (Å²) in [6.07, 6.45) is 3.64. The van der Waals surface area contributed by atoms with Gasteiger partial charge in [0.25, 0.3) is 5.56 Å². The average molecular weight is 414 g/mol. The predicted octanol–water partition coefficient (Wildman–Crippen LogP) is 1.17. The van der Waals surface area contributed by atoms with E-state index in [9.17, 15) is 18.0 Å². The molecule has 3 aromatic rings. The number of benzene rings is 1. The van der Waals surface area contributed by atoms with Crippen LogP contribution in [-0.4, -0.2) is 28.1 Å². The van der Waals surface area contributed by atoms with Gasteiger partial charge in [0.1, 0.15) is 0 Å². The molecule has 152 valence electrons. The van der Waals surface area contributed by atoms with Crippen molar-refractivity contribution in [3.63, 3.8) is 0 Å². The predicted molar refractivity (Wildman–Crippen MR) is 109 cm³/mol. The minimum Gasteiger partial charge on any atom is -0.296 e. The minimum absolute atomic E-state index is 0.0187. The van der Waals surface area contributed by atoms with Crippen LogP contribution >= 0.6 is 0 Å². The van der Waals surface area contributed by atoms with Crippen LogP contribution in [0.1, 0.15) is 25.5 Å². The monoisotopic (exact) mass is 414 g/mol. The highest BCUT2D eigenvalue weighted by atomic mass is 32.2. The van der Waals surface area contributed by atoms with E-state index in [2.05, 4.69) is 9.71 Å². The molecule has 0 amide bonds. The number of aryl methyl sites for hydroxylation is 2. The first-order chi connectivity index (χ1) is 13.7. The first-order valence-corrected chi connectivity index (χ1v) is 10.9. The number of hydrogen-bond donors (Lipinski definition) is 1. The fourth-order valence-corrected chi connectivity index (χ4v) is 4.80. The van der Waals surface area contributed by atoms with E-state index in [1.54, 1.807) is 19.3 Å². The van der Waals surface area contributed by atoms with Crippen molar-refractivity contribution in [2.45, 2.75) is 43.2 Å². The van der Waals surface area contributed by atoms with E-state index >= 15 is 0 Å². The Morgan fingerprint density at radius 3 is 2.59 bits per heavy atom. The summed E-state index contributed by atoms with van der Waals surface area (Å²) in [5, 5.41) is 0.192. The number of hydrogen-bond acceptors (Lipinski definition) is 5. The molecule has 0 atom stereocenters. The highest BCUT2D eigenvalue weighted by Crippen LogP contribution is 2.36. The van der Waals surface area contributed by atoms with Gasteiger partial charge in [-0.1, -0.05) is 6.07 Å². The van der Waals surface area contributed by atoms with Crippen LogP contribution in [-0.2, 0) is 30.0 Å². The Kier molecular flexibility index (Phi) is 4.66. The van der Waals surface area contributed by atoms with E-state index in [1.165, 1.54) is 22.8 Å². The van der Waals surface area contributed by atoms with E-state index in [0.29, 0.717) is 11.9 Å². The van der Waals surface area contributed by atoms with Crippen molar-refractivity contribution >= 4 is 20.9 Å². The molecular formula is C20H22N4O4S. The Hall–Kier alpha value is -2.78. The number of aromatic nitrogens is 3. The second-order valence-corrected chi connectivity index (χ2v) is 9.40. The molecule has 2 aromatic heterocycles. The smallest absolute Gasteiger partial charge is 0.296 e. The summed E-state index contributed by atoms with van der Waals surface area (Å²) in [4.78, 5) is 29.9. The Bertz CT molecular complexity index is 1310. The first kappa shape index (κ1) is 19.5. The molecular weight excluding hydrogens is 392 g/mol. The lowest BCUT2D eigenvalue weighted by Crippen LogP contribution is -2.40. The van der Waals surface area contributed by atoms with Crippen LogP contribution in [0, 0.1) is 0 Å². The third-order valence-electron chi connectivity index (χ3n) is 5.33. The van der Waals surface area contributed by atoms with Gasteiger partial charge < -0.3 is 0 Å². The number of pyridine rings is 1. The lowest BCUT2D eigenvalue weighted by Gasteiger charge is -2.14. The van der Waals surface area contributed by atoms with Crippen molar-refractivity contribution in [1.82, 2.24) is 18.8 Å². The first-order valence-electron chi connectivity index (χ1n) is 9.38. The molecule has 1 aromatic carbocycles. The SMILES string of the molecule is Cn1c(=O)n(CCc2ccccn2)c(=O)c2cc(S(=O)(=O)NC3(C)CC3)ccc21. The Balaban J connectivity index is 1.77. The molecule has 8 nitrogen and oxygen atoms in total. The highest BCUT2D eigenvalue weighted by molar-refractivity contribution is 7.89. The topological polar surface area (TPSA) is 103 Å². The van der Waals surface area contributed by atoms with Crippen LogP contribution in [0.2, 0.25) is 0 Å². The van der Waals surface area contributed by atoms with Crippen molar-refractivity contribution in [3.05, 3.63) is 69.1 Å². The third-order valence-corrected chi connectivity index (χ3v) is 6.97. The normalized spacial score (nSPS) is 15.5. The summed E-state index contributed by atoms with van der Waals surface area (Å²) in [7, 11) is -2.18. The van der Waals surface area contributed by atoms with E-state index in [4.69, 9.17) is 0 Å². The van der Waals surface area contributed by atoms with Crippen LogP contribution in [0.5, 0.6) is 0 Å². The standard InChI is InChI=1S/C20H22N4O4S/c1-20(9-10-20)22-29(27,28)15-6-7-17-16(13-15)18(25)24(19(26)23(17)2)12-8-14-5-3-4-11-21-14/h3-7,11,13,22H,8-10,12H2,1-2H3. The average Bonchev–Trinajstić information content (AvgIpc) is 3.42. The minimum atomic E-state index is -3.75. The molecule has 0 bridgehead atoms. The quantitative estimate of drug-likeness (QED) is 0.652. The molecule has 0 saturated heterocycles. The van der Waals surface area contributed by atoms with Gasteiger partial charge in [-0.05, 0) is 50.1 Å². The van der Waals surface area contributed by atoms with Crippen LogP contribution in [0.25, 0.3) is 10.9 Å². The molecule has 0 unspecified atom stereocenters. The van der Waals surface area contributed by atoms with E-state index in [1.807, 2.05) is 19.1 Å². The highest BCUT2D eigenvalue weighted by Gasteiger charge is 2.41. The summed E-state index contributed by atoms with van der Waals surface area (Å²) < 4.78 is 30.6. The third kappa shape index (κ3) is 3.75. The second kappa shape index (κ2) is 6.93. The van der Waals surface area contributed by atoms with Crippen LogP contribution < -0.4 is 16.0 Å². The van der Waals surface area contributed by atoms with E-state index in [0.717, 1.165) is 23.1 Å². The van der Waals surface area contributed by atoms with Gasteiger partial charge in [0.15, 0.2) is 0 Å². The fraction of sp³-hybridized carbons (Fsp3) is 0.350. The van der Waals surface area contributed by atoms with Crippen molar-refractivity contribution in [1.29, 1.82) is 0 Å². The van der Waals surface area contributed by atoms with Gasteiger partial charge >= 0.3 is 5.69 Å². The molecule has 1 fully saturated rings. The van der Waals surface area contributed by atoms with Gasteiger partial charge in [-0.15, -0.1) is 0 Å². The summed E-state index contributed by atoms with van der Waals surface area (Å²) in [5.41, 5.74) is -0.211. The molecule has 9 heteroatoms. The molecule has 1 aliphatic carbocycles. The fourth-order valence-electron chi connectivity index (χ4n) is 3.30. The lowest BCUT2D eigenvalue weighted by atomic mass is 10.2. The van der Waals surface area contributed by atoms with Gasteiger partial charge in [0.05, 0.1) is 15.8 Å². The molecule has 1 aliphatic rings. The number of nitrogens with one attached hydrogen (secondary N) is 1. The molecule has 1 saturated carbocycles. The van der Waals surface area contributed by atoms with Crippen LogP contribution in [0.3, 0.4) is 0 Å². The number of nitrogens with zero attached hydrogens (tertiary/aromatic N) is 3. The Morgan fingerprint density at radius 2 is 1.93 bits per heavy atom. The molecule has 4 rings (SSSR count). The summed E-state index contributed by atoms with van der Waals surface area (Å²) >= 11 is 0. The van der Waals surface area contributed by atoms with Crippen molar-refractivity contribution in [2.75, 3.05) is 0 Å².